The third kappa shape index (κ3) is 7.97. The first-order chi connectivity index (χ1) is 30.5. The standard InChI is InChI=1S/C61H73BN2OSi/c1-57(2,3)40-21-25-45(26-22-40)64-52-32-39(38-19-27-47(28-20-38)66(16,17)18)31-51-55(52)62(54-48-36-41(58(4,5)6)24-30-53(48)65-56(54)64)49-37-42(59(7,8)9)23-29-50(49)63(51)46-34-43(60(10,11)12)33-44(35-46)61(13,14)15/h19-37H,1-18H3. The van der Waals surface area contributed by atoms with Crippen molar-refractivity contribution >= 4 is 81.7 Å². The van der Waals surface area contributed by atoms with E-state index in [-0.39, 0.29) is 33.8 Å². The minimum Gasteiger partial charge on any atom is -0.440 e. The Kier molecular flexibility index (Phi) is 10.5. The summed E-state index contributed by atoms with van der Waals surface area (Å²) in [6, 6.07) is 45.4. The van der Waals surface area contributed by atoms with E-state index in [9.17, 15) is 0 Å². The molecule has 0 bridgehead atoms. The minimum atomic E-state index is -1.53. The topological polar surface area (TPSA) is 19.6 Å². The van der Waals surface area contributed by atoms with Crippen molar-refractivity contribution < 1.29 is 4.42 Å². The molecule has 9 rings (SSSR count). The fraction of sp³-hybridized carbons (Fsp3) is 0.377. The van der Waals surface area contributed by atoms with Crippen LogP contribution < -0.4 is 31.4 Å². The van der Waals surface area contributed by atoms with Crippen molar-refractivity contribution in [3.63, 3.8) is 0 Å². The maximum absolute atomic E-state index is 7.32. The molecule has 0 unspecified atom stereocenters. The molecule has 5 heteroatoms. The Morgan fingerprint density at radius 3 is 1.44 bits per heavy atom. The van der Waals surface area contributed by atoms with E-state index >= 15 is 0 Å². The molecule has 66 heavy (non-hydrogen) atoms. The highest BCUT2D eigenvalue weighted by atomic mass is 28.3. The van der Waals surface area contributed by atoms with E-state index in [4.69, 9.17) is 4.42 Å². The fourth-order valence-electron chi connectivity index (χ4n) is 10.0. The molecule has 0 saturated heterocycles. The molecule has 3 heterocycles. The average Bonchev–Trinajstić information content (AvgIpc) is 3.59. The summed E-state index contributed by atoms with van der Waals surface area (Å²) in [5.74, 6) is 0.902. The van der Waals surface area contributed by atoms with Crippen molar-refractivity contribution in [3.05, 3.63) is 143 Å². The third-order valence-corrected chi connectivity index (χ3v) is 16.5. The van der Waals surface area contributed by atoms with Crippen LogP contribution in [0.5, 0.6) is 0 Å². The van der Waals surface area contributed by atoms with E-state index in [1.807, 2.05) is 0 Å². The van der Waals surface area contributed by atoms with Crippen LogP contribution in [0.15, 0.2) is 120 Å². The summed E-state index contributed by atoms with van der Waals surface area (Å²) in [5, 5.41) is 2.65. The summed E-state index contributed by atoms with van der Waals surface area (Å²) in [4.78, 5) is 5.08. The van der Waals surface area contributed by atoms with Gasteiger partial charge < -0.3 is 9.32 Å². The van der Waals surface area contributed by atoms with Crippen molar-refractivity contribution in [2.45, 2.75) is 151 Å². The Bertz CT molecular complexity index is 2990. The molecular formula is C61H73BN2OSi. The van der Waals surface area contributed by atoms with E-state index in [1.165, 1.54) is 83.0 Å². The summed E-state index contributed by atoms with van der Waals surface area (Å²) >= 11 is 0. The minimum absolute atomic E-state index is 0.0169. The largest absolute Gasteiger partial charge is 0.440 e. The van der Waals surface area contributed by atoms with Gasteiger partial charge in [0.25, 0.3) is 6.71 Å². The molecule has 0 spiro atoms. The number of benzene rings is 6. The van der Waals surface area contributed by atoms with Crippen LogP contribution >= 0.6 is 0 Å². The van der Waals surface area contributed by atoms with Crippen LogP contribution in [0.2, 0.25) is 19.6 Å². The van der Waals surface area contributed by atoms with Gasteiger partial charge in [-0.15, -0.1) is 0 Å². The highest BCUT2D eigenvalue weighted by Gasteiger charge is 2.47. The van der Waals surface area contributed by atoms with E-state index < -0.39 is 8.07 Å². The van der Waals surface area contributed by atoms with Gasteiger partial charge in [0.2, 0.25) is 5.88 Å². The van der Waals surface area contributed by atoms with Crippen LogP contribution in [0.1, 0.15) is 132 Å². The highest BCUT2D eigenvalue weighted by molar-refractivity contribution is 7.01. The van der Waals surface area contributed by atoms with Crippen molar-refractivity contribution in [1.29, 1.82) is 0 Å². The first kappa shape index (κ1) is 45.9. The monoisotopic (exact) mass is 889 g/mol. The molecule has 7 aromatic rings. The zero-order valence-corrected chi connectivity index (χ0v) is 44.3. The molecule has 0 radical (unpaired) electrons. The summed E-state index contributed by atoms with van der Waals surface area (Å²) < 4.78 is 7.32. The van der Waals surface area contributed by atoms with Gasteiger partial charge in [0, 0.05) is 39.3 Å². The maximum Gasteiger partial charge on any atom is 0.257 e. The zero-order valence-electron chi connectivity index (χ0n) is 43.3. The van der Waals surface area contributed by atoms with E-state index in [0.29, 0.717) is 0 Å². The van der Waals surface area contributed by atoms with Crippen molar-refractivity contribution in [1.82, 2.24) is 0 Å². The lowest BCUT2D eigenvalue weighted by atomic mass is 9.33. The molecule has 2 aliphatic heterocycles. The average molecular weight is 889 g/mol. The second-order valence-electron chi connectivity index (χ2n) is 25.7. The number of hydrogen-bond donors (Lipinski definition) is 0. The second-order valence-corrected chi connectivity index (χ2v) is 30.8. The van der Waals surface area contributed by atoms with Gasteiger partial charge in [-0.1, -0.05) is 189 Å². The molecule has 6 aromatic carbocycles. The predicted molar refractivity (Wildman–Crippen MR) is 292 cm³/mol. The normalized spacial score (nSPS) is 14.4. The van der Waals surface area contributed by atoms with Gasteiger partial charge >= 0.3 is 0 Å². The quantitative estimate of drug-likeness (QED) is 0.164. The molecule has 340 valence electrons. The molecule has 0 atom stereocenters. The molecule has 0 N–H and O–H groups in total. The number of nitrogens with zero attached hydrogens (tertiary/aromatic N) is 2. The fourth-order valence-corrected chi connectivity index (χ4v) is 11.2. The third-order valence-electron chi connectivity index (χ3n) is 14.4. The van der Waals surface area contributed by atoms with E-state index in [2.05, 4.69) is 249 Å². The molecule has 3 nitrogen and oxygen atoms in total. The number of anilines is 6. The Balaban J connectivity index is 1.46. The highest BCUT2D eigenvalue weighted by Crippen LogP contribution is 2.49. The maximum atomic E-state index is 7.32. The van der Waals surface area contributed by atoms with Crippen molar-refractivity contribution in [2.24, 2.45) is 0 Å². The van der Waals surface area contributed by atoms with E-state index in [1.54, 1.807) is 0 Å². The summed E-state index contributed by atoms with van der Waals surface area (Å²) in [6.45, 7) is 42.2. The number of hydrogen-bond acceptors (Lipinski definition) is 3. The van der Waals surface area contributed by atoms with Gasteiger partial charge in [0.15, 0.2) is 0 Å². The first-order valence-electron chi connectivity index (χ1n) is 24.4. The van der Waals surface area contributed by atoms with Crippen LogP contribution in [0.25, 0.3) is 22.1 Å². The lowest BCUT2D eigenvalue weighted by Gasteiger charge is -2.43. The van der Waals surface area contributed by atoms with E-state index in [0.717, 1.165) is 22.8 Å². The SMILES string of the molecule is CC(C)(C)c1ccc(N2c3cc(-c4ccc([Si](C)(C)C)cc4)cc4c3B(c3cc(C(C)(C)C)ccc3N4c3cc(C(C)(C)C)cc(C(C)(C)C)c3)c3c2oc2ccc(C(C)(C)C)cc32)cc1. The number of rotatable bonds is 4. The molecule has 0 saturated carbocycles. The Morgan fingerprint density at radius 2 is 0.909 bits per heavy atom. The van der Waals surface area contributed by atoms with Gasteiger partial charge in [-0.3, -0.25) is 4.90 Å². The number of furan rings is 1. The summed E-state index contributed by atoms with van der Waals surface area (Å²) in [7, 11) is -1.53. The molecule has 1 aromatic heterocycles. The van der Waals surface area contributed by atoms with Crippen molar-refractivity contribution in [2.75, 3.05) is 9.80 Å². The predicted octanol–water partition coefficient (Wildman–Crippen LogP) is 15.2. The van der Waals surface area contributed by atoms with Gasteiger partial charge in [-0.05, 0) is 132 Å². The van der Waals surface area contributed by atoms with Crippen LogP contribution in [0.4, 0.5) is 34.3 Å². The number of fused-ring (bicyclic) bond motifs is 6. The van der Waals surface area contributed by atoms with Crippen LogP contribution in [-0.4, -0.2) is 14.8 Å². The first-order valence-corrected chi connectivity index (χ1v) is 27.9. The summed E-state index contributed by atoms with van der Waals surface area (Å²) in [6.07, 6.45) is 0. The summed E-state index contributed by atoms with van der Waals surface area (Å²) in [5.41, 5.74) is 19.5. The Labute approximate surface area is 398 Å². The van der Waals surface area contributed by atoms with Gasteiger partial charge in [0.05, 0.1) is 8.07 Å². The Hall–Kier alpha value is -5.26. The Morgan fingerprint density at radius 1 is 0.409 bits per heavy atom. The molecular weight excluding hydrogens is 816 g/mol. The molecule has 2 aliphatic rings. The lowest BCUT2D eigenvalue weighted by Crippen LogP contribution is -2.61. The van der Waals surface area contributed by atoms with Gasteiger partial charge in [-0.2, -0.15) is 0 Å². The molecule has 0 amide bonds. The second kappa shape index (κ2) is 15.1. The smallest absolute Gasteiger partial charge is 0.257 e. The van der Waals surface area contributed by atoms with Gasteiger partial charge in [0.1, 0.15) is 5.58 Å². The van der Waals surface area contributed by atoms with Crippen molar-refractivity contribution in [3.8, 4) is 11.1 Å². The molecule has 0 aliphatic carbocycles. The van der Waals surface area contributed by atoms with Crippen LogP contribution in [0, 0.1) is 0 Å². The zero-order chi connectivity index (χ0) is 47.8. The molecule has 0 fully saturated rings. The van der Waals surface area contributed by atoms with Crippen LogP contribution in [-0.2, 0) is 27.1 Å². The lowest BCUT2D eigenvalue weighted by molar-refractivity contribution is 0.568. The van der Waals surface area contributed by atoms with Crippen LogP contribution in [0.3, 0.4) is 0 Å². The van der Waals surface area contributed by atoms with Gasteiger partial charge in [-0.25, -0.2) is 0 Å².